The van der Waals surface area contributed by atoms with Crippen LogP contribution in [0.2, 0.25) is 0 Å². The molecule has 1 aliphatic heterocycles. The standard InChI is InChI=1S/C11H2F10O4/c12-2-3(13)5(15)7(6(16)4(2)14)24-9(1-23-8(22)25-9)10(17,18)11(19,20)21/h1H2. The lowest BCUT2D eigenvalue weighted by Gasteiger charge is -2.34. The van der Waals surface area contributed by atoms with Gasteiger partial charge in [0.15, 0.2) is 6.61 Å². The number of carbonyl (C=O) groups is 1. The molecule has 1 fully saturated rings. The highest BCUT2D eigenvalue weighted by atomic mass is 19.4. The van der Waals surface area contributed by atoms with E-state index < -0.39 is 65.5 Å². The lowest BCUT2D eigenvalue weighted by Crippen LogP contribution is -2.62. The summed E-state index contributed by atoms with van der Waals surface area (Å²) in [5.41, 5.74) is 0. The van der Waals surface area contributed by atoms with Gasteiger partial charge in [-0.05, 0) is 0 Å². The van der Waals surface area contributed by atoms with Crippen LogP contribution in [0.25, 0.3) is 0 Å². The van der Waals surface area contributed by atoms with Crippen molar-refractivity contribution in [3.8, 4) is 5.75 Å². The highest BCUT2D eigenvalue weighted by molar-refractivity contribution is 5.63. The maximum Gasteiger partial charge on any atom is 0.512 e. The molecule has 1 unspecified atom stereocenters. The molecule has 0 radical (unpaired) electrons. The van der Waals surface area contributed by atoms with Gasteiger partial charge in [0.25, 0.3) is 0 Å². The normalized spacial score (nSPS) is 21.1. The molecule has 1 heterocycles. The number of carbonyl (C=O) groups excluding carboxylic acids is 1. The van der Waals surface area contributed by atoms with Crippen LogP contribution >= 0.6 is 0 Å². The van der Waals surface area contributed by atoms with Crippen LogP contribution in [0.15, 0.2) is 0 Å². The van der Waals surface area contributed by atoms with E-state index in [1.165, 1.54) is 0 Å². The summed E-state index contributed by atoms with van der Waals surface area (Å²) in [7, 11) is 0. The Morgan fingerprint density at radius 2 is 1.28 bits per heavy atom. The van der Waals surface area contributed by atoms with Crippen LogP contribution in [0.5, 0.6) is 5.75 Å². The Morgan fingerprint density at radius 1 is 0.840 bits per heavy atom. The molecule has 1 atom stereocenters. The molecule has 25 heavy (non-hydrogen) atoms. The molecule has 1 aliphatic rings. The van der Waals surface area contributed by atoms with E-state index in [1.54, 1.807) is 0 Å². The van der Waals surface area contributed by atoms with E-state index in [9.17, 15) is 48.7 Å². The first-order valence-corrected chi connectivity index (χ1v) is 5.76. The van der Waals surface area contributed by atoms with Crippen molar-refractivity contribution in [3.63, 3.8) is 0 Å². The van der Waals surface area contributed by atoms with Gasteiger partial charge in [-0.3, -0.25) is 0 Å². The zero-order valence-corrected chi connectivity index (χ0v) is 11.1. The fourth-order valence-electron chi connectivity index (χ4n) is 1.67. The smallest absolute Gasteiger partial charge is 0.437 e. The second-order valence-electron chi connectivity index (χ2n) is 4.47. The minimum Gasteiger partial charge on any atom is -0.437 e. The van der Waals surface area contributed by atoms with Gasteiger partial charge < -0.3 is 14.2 Å². The average Bonchev–Trinajstić information content (AvgIpc) is 2.89. The number of ether oxygens (including phenoxy) is 3. The van der Waals surface area contributed by atoms with Crippen LogP contribution in [-0.2, 0) is 9.47 Å². The monoisotopic (exact) mass is 388 g/mol. The van der Waals surface area contributed by atoms with Crippen LogP contribution in [0.1, 0.15) is 0 Å². The molecule has 1 saturated heterocycles. The van der Waals surface area contributed by atoms with Gasteiger partial charge in [-0.1, -0.05) is 0 Å². The molecule has 14 heteroatoms. The third-order valence-electron chi connectivity index (χ3n) is 2.90. The van der Waals surface area contributed by atoms with Gasteiger partial charge >= 0.3 is 24.0 Å². The first-order valence-electron chi connectivity index (χ1n) is 5.76. The van der Waals surface area contributed by atoms with Crippen LogP contribution in [0.3, 0.4) is 0 Å². The third-order valence-corrected chi connectivity index (χ3v) is 2.90. The van der Waals surface area contributed by atoms with Crippen molar-refractivity contribution in [2.75, 3.05) is 6.61 Å². The topological polar surface area (TPSA) is 44.8 Å². The van der Waals surface area contributed by atoms with Gasteiger partial charge in [0, 0.05) is 0 Å². The number of rotatable bonds is 3. The fraction of sp³-hybridized carbons (Fsp3) is 0.364. The van der Waals surface area contributed by atoms with Gasteiger partial charge in [0.1, 0.15) is 0 Å². The predicted octanol–water partition coefficient (Wildman–Crippen LogP) is 3.82. The molecule has 0 N–H and O–H groups in total. The molecule has 1 aromatic carbocycles. The van der Waals surface area contributed by atoms with E-state index in [2.05, 4.69) is 14.2 Å². The molecule has 2 rings (SSSR count). The van der Waals surface area contributed by atoms with Crippen LogP contribution in [0.4, 0.5) is 48.7 Å². The number of alkyl halides is 5. The lowest BCUT2D eigenvalue weighted by molar-refractivity contribution is -0.375. The molecule has 0 aromatic heterocycles. The summed E-state index contributed by atoms with van der Waals surface area (Å²) in [5.74, 6) is -27.0. The maximum absolute atomic E-state index is 13.6. The molecular weight excluding hydrogens is 386 g/mol. The second-order valence-corrected chi connectivity index (χ2v) is 4.47. The van der Waals surface area contributed by atoms with Gasteiger partial charge in [-0.25, -0.2) is 18.0 Å². The first kappa shape index (κ1) is 18.9. The largest absolute Gasteiger partial charge is 0.512 e. The van der Waals surface area contributed by atoms with Crippen LogP contribution in [0, 0.1) is 29.1 Å². The van der Waals surface area contributed by atoms with Crippen molar-refractivity contribution < 1.29 is 62.9 Å². The summed E-state index contributed by atoms with van der Waals surface area (Å²) in [6, 6.07) is 0. The van der Waals surface area contributed by atoms with Crippen LogP contribution in [-0.4, -0.2) is 30.6 Å². The SMILES string of the molecule is O=C1OCC(Oc2c(F)c(F)c(F)c(F)c2F)(C(F)(F)C(F)(F)F)O1. The van der Waals surface area contributed by atoms with E-state index in [4.69, 9.17) is 0 Å². The van der Waals surface area contributed by atoms with Crippen LogP contribution < -0.4 is 4.74 Å². The number of hydrogen-bond acceptors (Lipinski definition) is 4. The van der Waals surface area contributed by atoms with Crippen molar-refractivity contribution in [2.24, 2.45) is 0 Å². The Labute approximate surface area is 129 Å². The molecule has 140 valence electrons. The Bertz CT molecular complexity index is 702. The second kappa shape index (κ2) is 5.56. The molecule has 0 bridgehead atoms. The summed E-state index contributed by atoms with van der Waals surface area (Å²) in [5, 5.41) is 0. The Balaban J connectivity index is 2.64. The molecule has 0 amide bonds. The quantitative estimate of drug-likeness (QED) is 0.342. The van der Waals surface area contributed by atoms with Crippen molar-refractivity contribution in [3.05, 3.63) is 29.1 Å². The first-order chi connectivity index (χ1) is 11.2. The molecule has 0 spiro atoms. The molecule has 0 saturated carbocycles. The Morgan fingerprint density at radius 3 is 1.64 bits per heavy atom. The lowest BCUT2D eigenvalue weighted by atomic mass is 10.1. The van der Waals surface area contributed by atoms with Crippen molar-refractivity contribution >= 4 is 6.16 Å². The number of benzene rings is 1. The summed E-state index contributed by atoms with van der Waals surface area (Å²) in [6.45, 7) is -2.06. The zero-order valence-electron chi connectivity index (χ0n) is 11.1. The van der Waals surface area contributed by atoms with Gasteiger partial charge in [0.2, 0.25) is 34.8 Å². The maximum atomic E-state index is 13.6. The summed E-state index contributed by atoms with van der Waals surface area (Å²) >= 11 is 0. The van der Waals surface area contributed by atoms with E-state index in [0.29, 0.717) is 0 Å². The summed E-state index contributed by atoms with van der Waals surface area (Å²) in [4.78, 5) is 10.8. The number of cyclic esters (lactones) is 2. The minimum absolute atomic E-state index is 2.06. The Kier molecular flexibility index (Phi) is 4.20. The van der Waals surface area contributed by atoms with E-state index >= 15 is 0 Å². The molecular formula is C11H2F10O4. The summed E-state index contributed by atoms with van der Waals surface area (Å²) < 4.78 is 141. The molecule has 4 nitrogen and oxygen atoms in total. The number of hydrogen-bond donors (Lipinski definition) is 0. The van der Waals surface area contributed by atoms with E-state index in [-0.39, 0.29) is 0 Å². The van der Waals surface area contributed by atoms with E-state index in [0.717, 1.165) is 0 Å². The zero-order chi connectivity index (χ0) is 19.4. The predicted molar refractivity (Wildman–Crippen MR) is 53.0 cm³/mol. The average molecular weight is 388 g/mol. The van der Waals surface area contributed by atoms with Crippen molar-refractivity contribution in [2.45, 2.75) is 17.9 Å². The highest BCUT2D eigenvalue weighted by Crippen LogP contribution is 2.49. The molecule has 0 aliphatic carbocycles. The fourth-order valence-corrected chi connectivity index (χ4v) is 1.67. The third kappa shape index (κ3) is 2.68. The van der Waals surface area contributed by atoms with Gasteiger partial charge in [0.05, 0.1) is 0 Å². The van der Waals surface area contributed by atoms with Gasteiger partial charge in [-0.15, -0.1) is 0 Å². The highest BCUT2D eigenvalue weighted by Gasteiger charge is 2.78. The van der Waals surface area contributed by atoms with Crippen molar-refractivity contribution in [1.29, 1.82) is 0 Å². The van der Waals surface area contributed by atoms with Gasteiger partial charge in [-0.2, -0.15) is 30.7 Å². The number of halogens is 10. The summed E-state index contributed by atoms with van der Waals surface area (Å²) in [6.07, 6.45) is -8.67. The Hall–Kier alpha value is -2.41. The van der Waals surface area contributed by atoms with Crippen molar-refractivity contribution in [1.82, 2.24) is 0 Å². The minimum atomic E-state index is -6.51. The van der Waals surface area contributed by atoms with E-state index in [1.807, 2.05) is 0 Å². The molecule has 1 aromatic rings.